The van der Waals surface area contributed by atoms with Crippen molar-refractivity contribution in [2.75, 3.05) is 25.4 Å². The molecule has 2 N–H and O–H groups in total. The molecule has 0 bridgehead atoms. The Morgan fingerprint density at radius 3 is 2.48 bits per heavy atom. The van der Waals surface area contributed by atoms with Gasteiger partial charge >= 0.3 is 0 Å². The van der Waals surface area contributed by atoms with Crippen molar-refractivity contribution in [1.82, 2.24) is 0 Å². The summed E-state index contributed by atoms with van der Waals surface area (Å²) in [7, 11) is 1.60. The molecule has 0 aliphatic carbocycles. The number of benzene rings is 2. The first-order chi connectivity index (χ1) is 10.2. The number of allylic oxidation sites excluding steroid dienone is 1. The van der Waals surface area contributed by atoms with Crippen LogP contribution in [0.4, 0.5) is 5.69 Å². The van der Waals surface area contributed by atoms with E-state index in [1.54, 1.807) is 30.6 Å². The topological polar surface area (TPSA) is 59.0 Å². The molecule has 0 atom stereocenters. The van der Waals surface area contributed by atoms with Gasteiger partial charge in [-0.2, -0.15) is 5.26 Å². The Labute approximate surface area is 133 Å². The molecule has 0 aromatic heterocycles. The van der Waals surface area contributed by atoms with Gasteiger partial charge in [-0.05, 0) is 35.6 Å². The highest BCUT2D eigenvalue weighted by Crippen LogP contribution is 2.36. The fraction of sp³-hybridized carbons (Fsp3) is 0.188. The molecule has 21 heavy (non-hydrogen) atoms. The van der Waals surface area contributed by atoms with Crippen LogP contribution in [0.25, 0.3) is 16.3 Å². The molecular weight excluding hydrogens is 300 g/mol. The molecule has 0 fully saturated rings. The van der Waals surface area contributed by atoms with Gasteiger partial charge in [-0.15, -0.1) is 23.5 Å². The third kappa shape index (κ3) is 2.97. The molecule has 2 aromatic carbocycles. The van der Waals surface area contributed by atoms with Gasteiger partial charge in [0.15, 0.2) is 0 Å². The second-order valence-electron chi connectivity index (χ2n) is 4.30. The number of methoxy groups -OCH3 is 1. The number of thioether (sulfide) groups is 2. The van der Waals surface area contributed by atoms with Crippen LogP contribution in [0.2, 0.25) is 0 Å². The summed E-state index contributed by atoms with van der Waals surface area (Å²) in [4.78, 5) is 0. The number of ether oxygens (including phenoxy) is 1. The smallest absolute Gasteiger partial charge is 0.142 e. The number of nitrogens with two attached hydrogens (primary N) is 1. The highest BCUT2D eigenvalue weighted by Gasteiger charge is 2.10. The zero-order valence-electron chi connectivity index (χ0n) is 12.1. The van der Waals surface area contributed by atoms with E-state index in [9.17, 15) is 5.26 Å². The largest absolute Gasteiger partial charge is 0.495 e. The lowest BCUT2D eigenvalue weighted by molar-refractivity contribution is 0.417. The average Bonchev–Trinajstić information content (AvgIpc) is 2.52. The van der Waals surface area contributed by atoms with Gasteiger partial charge in [-0.1, -0.05) is 18.2 Å². The van der Waals surface area contributed by atoms with Gasteiger partial charge in [0.2, 0.25) is 0 Å². The van der Waals surface area contributed by atoms with E-state index in [2.05, 4.69) is 6.07 Å². The summed E-state index contributed by atoms with van der Waals surface area (Å²) in [6.07, 6.45) is 3.96. The van der Waals surface area contributed by atoms with Crippen molar-refractivity contribution in [1.29, 1.82) is 5.26 Å². The molecule has 5 heteroatoms. The van der Waals surface area contributed by atoms with Gasteiger partial charge in [0.05, 0.1) is 22.6 Å². The Hall–Kier alpha value is -1.77. The summed E-state index contributed by atoms with van der Waals surface area (Å²) in [6.45, 7) is 0. The van der Waals surface area contributed by atoms with E-state index < -0.39 is 0 Å². The van der Waals surface area contributed by atoms with E-state index >= 15 is 0 Å². The Bertz CT molecular complexity index is 742. The average molecular weight is 316 g/mol. The minimum atomic E-state index is 0.624. The lowest BCUT2D eigenvalue weighted by Crippen LogP contribution is -1.94. The number of hydrogen-bond donors (Lipinski definition) is 1. The van der Waals surface area contributed by atoms with Crippen molar-refractivity contribution in [3.63, 3.8) is 0 Å². The summed E-state index contributed by atoms with van der Waals surface area (Å²) in [5.74, 6) is 0.667. The van der Waals surface area contributed by atoms with Crippen molar-refractivity contribution in [3.05, 3.63) is 40.1 Å². The standard InChI is InChI=1S/C16H16N2OS2/c1-19-14-7-5-10-8-11(4-6-12(10)15(14)18)13(9-17)16(20-2)21-3/h4-8H,18H2,1-3H3. The molecule has 2 aromatic rings. The normalized spacial score (nSPS) is 10.2. The van der Waals surface area contributed by atoms with Crippen molar-refractivity contribution in [2.45, 2.75) is 0 Å². The van der Waals surface area contributed by atoms with E-state index in [4.69, 9.17) is 10.5 Å². The fourth-order valence-corrected chi connectivity index (χ4v) is 3.58. The lowest BCUT2D eigenvalue weighted by Gasteiger charge is -2.10. The summed E-state index contributed by atoms with van der Waals surface area (Å²) in [6, 6.07) is 12.0. The third-order valence-corrected chi connectivity index (χ3v) is 5.37. The van der Waals surface area contributed by atoms with Crippen LogP contribution in [0.3, 0.4) is 0 Å². The van der Waals surface area contributed by atoms with E-state index in [1.165, 1.54) is 0 Å². The number of rotatable bonds is 4. The van der Waals surface area contributed by atoms with Crippen molar-refractivity contribution >= 4 is 45.6 Å². The molecule has 3 nitrogen and oxygen atoms in total. The van der Waals surface area contributed by atoms with Crippen LogP contribution in [-0.2, 0) is 0 Å². The van der Waals surface area contributed by atoms with Crippen LogP contribution in [0.15, 0.2) is 34.6 Å². The number of anilines is 1. The molecule has 0 aliphatic rings. The second kappa shape index (κ2) is 6.79. The van der Waals surface area contributed by atoms with Crippen molar-refractivity contribution in [3.8, 4) is 11.8 Å². The monoisotopic (exact) mass is 316 g/mol. The number of nitrogens with zero attached hydrogens (tertiary/aromatic N) is 1. The number of nitriles is 1. The Kier molecular flexibility index (Phi) is 5.05. The number of fused-ring (bicyclic) bond motifs is 1. The molecule has 0 amide bonds. The van der Waals surface area contributed by atoms with Crippen LogP contribution in [0.1, 0.15) is 5.56 Å². The predicted octanol–water partition coefficient (Wildman–Crippen LogP) is 4.35. The molecular formula is C16H16N2OS2. The van der Waals surface area contributed by atoms with Gasteiger partial charge in [0.25, 0.3) is 0 Å². The summed E-state index contributed by atoms with van der Waals surface area (Å²) in [5.41, 5.74) is 8.32. The lowest BCUT2D eigenvalue weighted by atomic mass is 10.0. The van der Waals surface area contributed by atoms with Crippen LogP contribution >= 0.6 is 23.5 Å². The molecule has 0 saturated heterocycles. The molecule has 2 rings (SSSR count). The van der Waals surface area contributed by atoms with Gasteiger partial charge in [0.1, 0.15) is 11.8 Å². The first kappa shape index (κ1) is 15.6. The van der Waals surface area contributed by atoms with E-state index in [1.807, 2.05) is 42.8 Å². The van der Waals surface area contributed by atoms with Gasteiger partial charge in [0, 0.05) is 5.39 Å². The second-order valence-corrected chi connectivity index (χ2v) is 6.19. The maximum atomic E-state index is 9.44. The molecule has 0 heterocycles. The van der Waals surface area contributed by atoms with E-state index in [-0.39, 0.29) is 0 Å². The quantitative estimate of drug-likeness (QED) is 0.671. The van der Waals surface area contributed by atoms with Crippen LogP contribution in [0, 0.1) is 11.3 Å². The van der Waals surface area contributed by atoms with E-state index in [0.29, 0.717) is 17.0 Å². The summed E-state index contributed by atoms with van der Waals surface area (Å²) in [5, 5.41) is 11.4. The first-order valence-corrected chi connectivity index (χ1v) is 8.70. The number of hydrogen-bond acceptors (Lipinski definition) is 5. The first-order valence-electron chi connectivity index (χ1n) is 6.25. The summed E-state index contributed by atoms with van der Waals surface area (Å²) < 4.78 is 6.24. The minimum absolute atomic E-state index is 0.624. The Morgan fingerprint density at radius 1 is 1.19 bits per heavy atom. The predicted molar refractivity (Wildman–Crippen MR) is 94.5 cm³/mol. The zero-order chi connectivity index (χ0) is 15.4. The van der Waals surface area contributed by atoms with Gasteiger partial charge < -0.3 is 10.5 Å². The minimum Gasteiger partial charge on any atom is -0.495 e. The summed E-state index contributed by atoms with van der Waals surface area (Å²) >= 11 is 3.17. The third-order valence-electron chi connectivity index (χ3n) is 3.22. The van der Waals surface area contributed by atoms with Crippen LogP contribution in [0.5, 0.6) is 5.75 Å². The van der Waals surface area contributed by atoms with Crippen molar-refractivity contribution in [2.24, 2.45) is 0 Å². The molecule has 0 aliphatic heterocycles. The molecule has 0 unspecified atom stereocenters. The molecule has 0 radical (unpaired) electrons. The Balaban J connectivity index is 2.64. The number of nitrogen functional groups attached to an aromatic ring is 1. The van der Waals surface area contributed by atoms with Crippen molar-refractivity contribution < 1.29 is 4.74 Å². The molecule has 108 valence electrons. The molecule has 0 spiro atoms. The Morgan fingerprint density at radius 2 is 1.90 bits per heavy atom. The van der Waals surface area contributed by atoms with Gasteiger partial charge in [-0.25, -0.2) is 0 Å². The van der Waals surface area contributed by atoms with Gasteiger partial charge in [-0.3, -0.25) is 0 Å². The highest BCUT2D eigenvalue weighted by molar-refractivity contribution is 8.21. The highest BCUT2D eigenvalue weighted by atomic mass is 32.2. The maximum absolute atomic E-state index is 9.44. The molecule has 0 saturated carbocycles. The fourth-order valence-electron chi connectivity index (χ4n) is 2.18. The SMILES string of the molecule is COc1ccc2cc(C(C#N)=C(SC)SC)ccc2c1N. The maximum Gasteiger partial charge on any atom is 0.142 e. The van der Waals surface area contributed by atoms with Crippen LogP contribution in [-0.4, -0.2) is 19.6 Å². The zero-order valence-corrected chi connectivity index (χ0v) is 13.8. The van der Waals surface area contributed by atoms with Crippen LogP contribution < -0.4 is 10.5 Å². The van der Waals surface area contributed by atoms with E-state index in [0.717, 1.165) is 20.6 Å².